The van der Waals surface area contributed by atoms with Gasteiger partial charge in [-0.15, -0.1) is 0 Å². The number of ether oxygens (including phenoxy) is 2. The van der Waals surface area contributed by atoms with Crippen molar-refractivity contribution in [2.45, 2.75) is 121 Å². The zero-order valence-electron chi connectivity index (χ0n) is 18.6. The van der Waals surface area contributed by atoms with Crippen LogP contribution >= 0.6 is 0 Å². The number of rotatable bonds is 19. The van der Waals surface area contributed by atoms with Crippen molar-refractivity contribution in [1.29, 1.82) is 0 Å². The minimum absolute atomic E-state index is 0.0650. The van der Waals surface area contributed by atoms with Gasteiger partial charge in [0.25, 0.3) is 0 Å². The van der Waals surface area contributed by atoms with Crippen LogP contribution in [0.15, 0.2) is 12.2 Å². The van der Waals surface area contributed by atoms with Gasteiger partial charge < -0.3 is 24.8 Å². The van der Waals surface area contributed by atoms with E-state index in [4.69, 9.17) is 9.47 Å². The topological polar surface area (TPSA) is 79.2 Å². The van der Waals surface area contributed by atoms with Gasteiger partial charge in [-0.3, -0.25) is 0 Å². The summed E-state index contributed by atoms with van der Waals surface area (Å²) >= 11 is 0. The van der Waals surface area contributed by atoms with Crippen LogP contribution in [-0.4, -0.2) is 59.6 Å². The van der Waals surface area contributed by atoms with E-state index in [0.29, 0.717) is 6.61 Å². The molecule has 1 fully saturated rings. The smallest absolute Gasteiger partial charge is 0.114 e. The van der Waals surface area contributed by atoms with Crippen molar-refractivity contribution in [3.63, 3.8) is 0 Å². The Balaban J connectivity index is 1.79. The van der Waals surface area contributed by atoms with E-state index in [1.54, 1.807) is 0 Å². The van der Waals surface area contributed by atoms with Gasteiger partial charge in [-0.25, -0.2) is 0 Å². The molecule has 4 atom stereocenters. The van der Waals surface area contributed by atoms with Crippen molar-refractivity contribution in [1.82, 2.24) is 0 Å². The molecule has 0 spiro atoms. The van der Waals surface area contributed by atoms with E-state index in [1.807, 2.05) is 0 Å². The number of aliphatic hydroxyl groups is 3. The maximum atomic E-state index is 9.94. The molecule has 5 heteroatoms. The third kappa shape index (κ3) is 13.5. The molecule has 0 radical (unpaired) electrons. The van der Waals surface area contributed by atoms with Gasteiger partial charge in [-0.2, -0.15) is 0 Å². The van der Waals surface area contributed by atoms with Crippen molar-refractivity contribution in [2.24, 2.45) is 0 Å². The number of hydrogen-bond acceptors (Lipinski definition) is 5. The molecule has 0 bridgehead atoms. The van der Waals surface area contributed by atoms with Crippen LogP contribution in [0, 0.1) is 0 Å². The first-order valence-electron chi connectivity index (χ1n) is 12.0. The molecule has 1 heterocycles. The van der Waals surface area contributed by atoms with Crippen LogP contribution in [-0.2, 0) is 9.47 Å². The van der Waals surface area contributed by atoms with E-state index >= 15 is 0 Å². The highest BCUT2D eigenvalue weighted by atomic mass is 16.5. The largest absolute Gasteiger partial charge is 0.388 e. The fourth-order valence-corrected chi connectivity index (χ4v) is 3.72. The van der Waals surface area contributed by atoms with Crippen LogP contribution in [0.5, 0.6) is 0 Å². The molecule has 0 aromatic rings. The quantitative estimate of drug-likeness (QED) is 0.214. The maximum Gasteiger partial charge on any atom is 0.114 e. The molecule has 3 N–H and O–H groups in total. The van der Waals surface area contributed by atoms with Crippen LogP contribution in [0.2, 0.25) is 0 Å². The SMILES string of the molecule is CCCCCCCCCCC/C=C/CCCCCOC[C@H](O)[C@@H]1OC[C@@H](O)[C@@H]1O. The second-order valence-electron chi connectivity index (χ2n) is 8.44. The second kappa shape index (κ2) is 18.3. The van der Waals surface area contributed by atoms with E-state index in [2.05, 4.69) is 19.1 Å². The van der Waals surface area contributed by atoms with Gasteiger partial charge in [-0.1, -0.05) is 76.9 Å². The maximum absolute atomic E-state index is 9.94. The van der Waals surface area contributed by atoms with Gasteiger partial charge in [-0.05, 0) is 32.1 Å². The second-order valence-corrected chi connectivity index (χ2v) is 8.44. The fraction of sp³-hybridized carbons (Fsp3) is 0.917. The number of hydrogen-bond donors (Lipinski definition) is 3. The van der Waals surface area contributed by atoms with E-state index in [0.717, 1.165) is 25.7 Å². The molecular formula is C24H46O5. The van der Waals surface area contributed by atoms with Crippen LogP contribution in [0.25, 0.3) is 0 Å². The summed E-state index contributed by atoms with van der Waals surface area (Å²) in [6.45, 7) is 3.07. The molecule has 1 rings (SSSR count). The van der Waals surface area contributed by atoms with E-state index in [1.165, 1.54) is 64.2 Å². The third-order valence-corrected chi connectivity index (χ3v) is 5.66. The molecular weight excluding hydrogens is 368 g/mol. The minimum Gasteiger partial charge on any atom is -0.388 e. The lowest BCUT2D eigenvalue weighted by Gasteiger charge is -2.20. The first kappa shape index (κ1) is 26.6. The Labute approximate surface area is 178 Å². The molecule has 0 saturated carbocycles. The monoisotopic (exact) mass is 414 g/mol. The Morgan fingerprint density at radius 2 is 1.41 bits per heavy atom. The van der Waals surface area contributed by atoms with E-state index < -0.39 is 24.4 Å². The number of aliphatic hydroxyl groups excluding tert-OH is 3. The summed E-state index contributed by atoms with van der Waals surface area (Å²) in [6.07, 6.45) is 19.1. The Bertz CT molecular complexity index is 387. The predicted molar refractivity (Wildman–Crippen MR) is 118 cm³/mol. The van der Waals surface area contributed by atoms with E-state index in [9.17, 15) is 15.3 Å². The van der Waals surface area contributed by atoms with Gasteiger partial charge in [0, 0.05) is 6.61 Å². The molecule has 172 valence electrons. The average Bonchev–Trinajstić information content (AvgIpc) is 3.05. The van der Waals surface area contributed by atoms with Gasteiger partial charge in [0.2, 0.25) is 0 Å². The Morgan fingerprint density at radius 3 is 1.97 bits per heavy atom. The van der Waals surface area contributed by atoms with Crippen molar-refractivity contribution in [3.05, 3.63) is 12.2 Å². The Morgan fingerprint density at radius 1 is 0.862 bits per heavy atom. The summed E-state index contributed by atoms with van der Waals surface area (Å²) in [4.78, 5) is 0. The molecule has 0 aromatic heterocycles. The zero-order chi connectivity index (χ0) is 21.2. The fourth-order valence-electron chi connectivity index (χ4n) is 3.72. The summed E-state index contributed by atoms with van der Waals surface area (Å²) in [7, 11) is 0. The normalized spacial score (nSPS) is 23.2. The lowest BCUT2D eigenvalue weighted by Crippen LogP contribution is -2.40. The van der Waals surface area contributed by atoms with Crippen LogP contribution in [0.3, 0.4) is 0 Å². The van der Waals surface area contributed by atoms with Crippen molar-refractivity contribution >= 4 is 0 Å². The predicted octanol–water partition coefficient (Wildman–Crippen LogP) is 4.52. The third-order valence-electron chi connectivity index (χ3n) is 5.66. The first-order chi connectivity index (χ1) is 14.2. The summed E-state index contributed by atoms with van der Waals surface area (Å²) in [5, 5.41) is 29.0. The van der Waals surface area contributed by atoms with Crippen LogP contribution < -0.4 is 0 Å². The highest BCUT2D eigenvalue weighted by Gasteiger charge is 2.39. The number of unbranched alkanes of at least 4 members (excludes halogenated alkanes) is 12. The minimum atomic E-state index is -1.03. The van der Waals surface area contributed by atoms with Crippen LogP contribution in [0.1, 0.15) is 96.8 Å². The van der Waals surface area contributed by atoms with Gasteiger partial charge in [0.15, 0.2) is 0 Å². The Hall–Kier alpha value is -0.460. The zero-order valence-corrected chi connectivity index (χ0v) is 18.6. The molecule has 29 heavy (non-hydrogen) atoms. The lowest BCUT2D eigenvalue weighted by molar-refractivity contribution is -0.0813. The summed E-state index contributed by atoms with van der Waals surface area (Å²) in [5.41, 5.74) is 0. The van der Waals surface area contributed by atoms with Gasteiger partial charge in [0.1, 0.15) is 24.4 Å². The first-order valence-corrected chi connectivity index (χ1v) is 12.0. The molecule has 5 nitrogen and oxygen atoms in total. The van der Waals surface area contributed by atoms with Crippen molar-refractivity contribution in [3.8, 4) is 0 Å². The number of allylic oxidation sites excluding steroid dienone is 2. The molecule has 0 aliphatic carbocycles. The molecule has 1 saturated heterocycles. The molecule has 0 amide bonds. The van der Waals surface area contributed by atoms with E-state index in [-0.39, 0.29) is 13.2 Å². The summed E-state index contributed by atoms with van der Waals surface area (Å²) in [6, 6.07) is 0. The highest BCUT2D eigenvalue weighted by molar-refractivity contribution is 4.87. The molecule has 0 unspecified atom stereocenters. The molecule has 1 aliphatic heterocycles. The standard InChI is InChI=1S/C24H46O5/c1-2-3-4-5-6-7-8-9-10-11-12-13-14-15-16-17-18-28-19-22(26)24-23(27)21(25)20-29-24/h12-13,21-27H,2-11,14-20H2,1H3/b13-12+/t21-,22+,23+,24+/m1/s1. The molecule has 1 aliphatic rings. The van der Waals surface area contributed by atoms with Crippen LogP contribution in [0.4, 0.5) is 0 Å². The van der Waals surface area contributed by atoms with Crippen molar-refractivity contribution < 1.29 is 24.8 Å². The lowest BCUT2D eigenvalue weighted by atomic mass is 10.1. The average molecular weight is 415 g/mol. The van der Waals surface area contributed by atoms with Gasteiger partial charge in [0.05, 0.1) is 13.2 Å². The van der Waals surface area contributed by atoms with Crippen molar-refractivity contribution in [2.75, 3.05) is 19.8 Å². The summed E-state index contributed by atoms with van der Waals surface area (Å²) < 4.78 is 10.7. The van der Waals surface area contributed by atoms with Gasteiger partial charge >= 0.3 is 0 Å². The molecule has 0 aromatic carbocycles. The summed E-state index contributed by atoms with van der Waals surface area (Å²) in [5.74, 6) is 0. The highest BCUT2D eigenvalue weighted by Crippen LogP contribution is 2.18. The Kier molecular flexibility index (Phi) is 16.8.